The second-order valence-electron chi connectivity index (χ2n) is 7.65. The number of piperidine rings is 1. The van der Waals surface area contributed by atoms with Gasteiger partial charge in [-0.15, -0.1) is 0 Å². The van der Waals surface area contributed by atoms with Crippen molar-refractivity contribution in [1.29, 1.82) is 0 Å². The first-order valence-electron chi connectivity index (χ1n) is 8.67. The Labute approximate surface area is 139 Å². The van der Waals surface area contributed by atoms with E-state index in [1.54, 1.807) is 7.11 Å². The molecule has 23 heavy (non-hydrogen) atoms. The number of hydrogen-bond acceptors (Lipinski definition) is 3. The number of methoxy groups -OCH3 is 1. The Bertz CT molecular complexity index is 558. The Morgan fingerprint density at radius 1 is 1.26 bits per heavy atom. The molecular weight excluding hydrogens is 288 g/mol. The molecule has 2 aliphatic heterocycles. The molecule has 2 saturated heterocycles. The van der Waals surface area contributed by atoms with Crippen molar-refractivity contribution < 1.29 is 9.53 Å². The van der Waals surface area contributed by atoms with Gasteiger partial charge in [0.2, 0.25) is 5.91 Å². The van der Waals surface area contributed by atoms with Gasteiger partial charge >= 0.3 is 0 Å². The standard InChI is InChI=1S/C19H28N2O2/c1-19(2,12-13-6-4-5-7-17(13)23-3)18(22)21-16-10-14-8-9-15(11-16)20-14/h4-7,14-16,20H,8-12H2,1-3H3,(H,21,22). The lowest BCUT2D eigenvalue weighted by atomic mass is 9.83. The number of para-hydroxylation sites is 1. The maximum Gasteiger partial charge on any atom is 0.226 e. The zero-order valence-corrected chi connectivity index (χ0v) is 14.4. The predicted octanol–water partition coefficient (Wildman–Crippen LogP) is 2.66. The van der Waals surface area contributed by atoms with Gasteiger partial charge in [0.15, 0.2) is 0 Å². The van der Waals surface area contributed by atoms with Gasteiger partial charge in [0.25, 0.3) is 0 Å². The molecule has 4 nitrogen and oxygen atoms in total. The molecule has 2 bridgehead atoms. The van der Waals surface area contributed by atoms with Crippen LogP contribution in [0.1, 0.15) is 45.1 Å². The van der Waals surface area contributed by atoms with E-state index in [4.69, 9.17) is 4.74 Å². The van der Waals surface area contributed by atoms with Crippen molar-refractivity contribution in [2.75, 3.05) is 7.11 Å². The maximum absolute atomic E-state index is 12.8. The highest BCUT2D eigenvalue weighted by molar-refractivity contribution is 5.82. The first kappa shape index (κ1) is 16.3. The number of rotatable bonds is 5. The van der Waals surface area contributed by atoms with Gasteiger partial charge in [-0.3, -0.25) is 4.79 Å². The number of carbonyl (C=O) groups excluding carboxylic acids is 1. The van der Waals surface area contributed by atoms with Gasteiger partial charge in [-0.05, 0) is 43.7 Å². The number of carbonyl (C=O) groups is 1. The molecule has 0 spiro atoms. The van der Waals surface area contributed by atoms with Gasteiger partial charge in [0.1, 0.15) is 5.75 Å². The molecule has 2 heterocycles. The second kappa shape index (κ2) is 6.52. The van der Waals surface area contributed by atoms with Crippen LogP contribution in [0.4, 0.5) is 0 Å². The molecular formula is C19H28N2O2. The molecule has 1 aromatic carbocycles. The SMILES string of the molecule is COc1ccccc1CC(C)(C)C(=O)NC1CC2CCC(C1)N2. The number of amides is 1. The maximum atomic E-state index is 12.8. The molecule has 2 unspecified atom stereocenters. The Morgan fingerprint density at radius 2 is 1.91 bits per heavy atom. The molecule has 2 aliphatic rings. The molecule has 1 amide bonds. The van der Waals surface area contributed by atoms with Gasteiger partial charge < -0.3 is 15.4 Å². The second-order valence-corrected chi connectivity index (χ2v) is 7.65. The van der Waals surface area contributed by atoms with Crippen LogP contribution >= 0.6 is 0 Å². The first-order valence-corrected chi connectivity index (χ1v) is 8.67. The molecule has 0 saturated carbocycles. The van der Waals surface area contributed by atoms with Crippen LogP contribution in [0.2, 0.25) is 0 Å². The Balaban J connectivity index is 1.63. The molecule has 2 N–H and O–H groups in total. The summed E-state index contributed by atoms with van der Waals surface area (Å²) < 4.78 is 5.42. The fourth-order valence-corrected chi connectivity index (χ4v) is 3.96. The summed E-state index contributed by atoms with van der Waals surface area (Å²) in [6.45, 7) is 4.04. The van der Waals surface area contributed by atoms with E-state index in [2.05, 4.69) is 10.6 Å². The zero-order chi connectivity index (χ0) is 16.4. The highest BCUT2D eigenvalue weighted by Gasteiger charge is 2.36. The summed E-state index contributed by atoms with van der Waals surface area (Å²) in [5.41, 5.74) is 0.638. The van der Waals surface area contributed by atoms with Crippen LogP contribution in [0, 0.1) is 5.41 Å². The molecule has 2 atom stereocenters. The summed E-state index contributed by atoms with van der Waals surface area (Å²) in [5, 5.41) is 6.92. The topological polar surface area (TPSA) is 50.4 Å². The molecule has 0 aliphatic carbocycles. The van der Waals surface area contributed by atoms with Crippen LogP contribution < -0.4 is 15.4 Å². The third-order valence-electron chi connectivity index (χ3n) is 5.25. The van der Waals surface area contributed by atoms with Crippen molar-refractivity contribution in [3.05, 3.63) is 29.8 Å². The van der Waals surface area contributed by atoms with E-state index < -0.39 is 5.41 Å². The van der Waals surface area contributed by atoms with Crippen molar-refractivity contribution in [3.63, 3.8) is 0 Å². The number of hydrogen-bond donors (Lipinski definition) is 2. The summed E-state index contributed by atoms with van der Waals surface area (Å²) in [6.07, 6.45) is 5.31. The van der Waals surface area contributed by atoms with Gasteiger partial charge in [0.05, 0.1) is 7.11 Å². The van der Waals surface area contributed by atoms with Gasteiger partial charge in [-0.2, -0.15) is 0 Å². The molecule has 2 fully saturated rings. The van der Waals surface area contributed by atoms with Gasteiger partial charge in [-0.25, -0.2) is 0 Å². The van der Waals surface area contributed by atoms with E-state index >= 15 is 0 Å². The lowest BCUT2D eigenvalue weighted by molar-refractivity contribution is -0.130. The number of ether oxygens (including phenoxy) is 1. The lowest BCUT2D eigenvalue weighted by Gasteiger charge is -2.33. The average molecular weight is 316 g/mol. The fraction of sp³-hybridized carbons (Fsp3) is 0.632. The van der Waals surface area contributed by atoms with Crippen molar-refractivity contribution in [2.24, 2.45) is 5.41 Å². The van der Waals surface area contributed by atoms with Crippen molar-refractivity contribution in [3.8, 4) is 5.75 Å². The zero-order valence-electron chi connectivity index (χ0n) is 14.4. The third-order valence-corrected chi connectivity index (χ3v) is 5.25. The van der Waals surface area contributed by atoms with Crippen LogP contribution in [0.15, 0.2) is 24.3 Å². The summed E-state index contributed by atoms with van der Waals surface area (Å²) in [5.74, 6) is 1.00. The molecule has 3 rings (SSSR count). The van der Waals surface area contributed by atoms with Crippen molar-refractivity contribution in [2.45, 2.75) is 64.1 Å². The molecule has 0 radical (unpaired) electrons. The largest absolute Gasteiger partial charge is 0.496 e. The minimum Gasteiger partial charge on any atom is -0.496 e. The van der Waals surface area contributed by atoms with Gasteiger partial charge in [-0.1, -0.05) is 32.0 Å². The number of fused-ring (bicyclic) bond motifs is 2. The van der Waals surface area contributed by atoms with Crippen LogP contribution in [0.3, 0.4) is 0 Å². The van der Waals surface area contributed by atoms with E-state index in [0.717, 1.165) is 24.2 Å². The minimum atomic E-state index is -0.446. The van der Waals surface area contributed by atoms with Crippen molar-refractivity contribution in [1.82, 2.24) is 10.6 Å². The van der Waals surface area contributed by atoms with E-state index in [-0.39, 0.29) is 5.91 Å². The number of benzene rings is 1. The highest BCUT2D eigenvalue weighted by Crippen LogP contribution is 2.30. The molecule has 0 aromatic heterocycles. The highest BCUT2D eigenvalue weighted by atomic mass is 16.5. The van der Waals surface area contributed by atoms with Crippen molar-refractivity contribution >= 4 is 5.91 Å². The summed E-state index contributed by atoms with van der Waals surface area (Å²) in [6, 6.07) is 9.45. The quantitative estimate of drug-likeness (QED) is 0.878. The molecule has 126 valence electrons. The summed E-state index contributed by atoms with van der Waals surface area (Å²) >= 11 is 0. The van der Waals surface area contributed by atoms with Crippen LogP contribution in [-0.2, 0) is 11.2 Å². The Kier molecular flexibility index (Phi) is 4.62. The Hall–Kier alpha value is -1.55. The molecule has 4 heteroatoms. The van der Waals surface area contributed by atoms with E-state index in [0.29, 0.717) is 24.5 Å². The lowest BCUT2D eigenvalue weighted by Crippen LogP contribution is -2.51. The third kappa shape index (κ3) is 3.69. The van der Waals surface area contributed by atoms with Crippen LogP contribution in [0.5, 0.6) is 5.75 Å². The first-order chi connectivity index (χ1) is 11.0. The normalized spacial score (nSPS) is 26.8. The van der Waals surface area contributed by atoms with Gasteiger partial charge in [0, 0.05) is 23.5 Å². The number of nitrogens with one attached hydrogen (secondary N) is 2. The smallest absolute Gasteiger partial charge is 0.226 e. The predicted molar refractivity (Wildman–Crippen MR) is 91.6 cm³/mol. The molecule has 1 aromatic rings. The fourth-order valence-electron chi connectivity index (χ4n) is 3.96. The summed E-state index contributed by atoms with van der Waals surface area (Å²) in [4.78, 5) is 12.8. The summed E-state index contributed by atoms with van der Waals surface area (Å²) in [7, 11) is 1.68. The van der Waals surface area contributed by atoms with E-state index in [1.165, 1.54) is 12.8 Å². The van der Waals surface area contributed by atoms with Crippen LogP contribution in [-0.4, -0.2) is 31.1 Å². The van der Waals surface area contributed by atoms with E-state index in [9.17, 15) is 4.79 Å². The van der Waals surface area contributed by atoms with E-state index in [1.807, 2.05) is 38.1 Å². The minimum absolute atomic E-state index is 0.148. The Morgan fingerprint density at radius 3 is 2.57 bits per heavy atom. The average Bonchev–Trinajstić information content (AvgIpc) is 2.86. The van der Waals surface area contributed by atoms with Crippen LogP contribution in [0.25, 0.3) is 0 Å². The monoisotopic (exact) mass is 316 g/mol.